The molecule has 0 unspecified atom stereocenters. The normalized spacial score (nSPS) is 10.6. The topological polar surface area (TPSA) is 72.7 Å². The molecular formula is C14H20N2O4. The first-order chi connectivity index (χ1) is 9.49. The second-order valence-corrected chi connectivity index (χ2v) is 4.95. The molecule has 0 aliphatic heterocycles. The average molecular weight is 280 g/mol. The number of anilines is 1. The molecule has 1 aromatic carbocycles. The summed E-state index contributed by atoms with van der Waals surface area (Å²) in [5.74, 6) is 0.404. The summed E-state index contributed by atoms with van der Waals surface area (Å²) in [6.07, 6.45) is 0.655. The fourth-order valence-corrected chi connectivity index (χ4v) is 1.99. The van der Waals surface area contributed by atoms with Crippen LogP contribution < -0.4 is 4.90 Å². The number of ether oxygens (including phenoxy) is 1. The van der Waals surface area contributed by atoms with Crippen LogP contribution in [0.1, 0.15) is 24.2 Å². The fraction of sp³-hybridized carbons (Fsp3) is 0.500. The summed E-state index contributed by atoms with van der Waals surface area (Å²) < 4.78 is 5.07. The van der Waals surface area contributed by atoms with E-state index in [2.05, 4.69) is 13.8 Å². The number of benzene rings is 1. The van der Waals surface area contributed by atoms with Crippen molar-refractivity contribution in [1.82, 2.24) is 0 Å². The van der Waals surface area contributed by atoms with Crippen molar-refractivity contribution in [2.45, 2.75) is 13.8 Å². The van der Waals surface area contributed by atoms with E-state index in [9.17, 15) is 14.9 Å². The Hall–Kier alpha value is -1.95. The maximum absolute atomic E-state index is 11.2. The summed E-state index contributed by atoms with van der Waals surface area (Å²) in [4.78, 5) is 23.5. The summed E-state index contributed by atoms with van der Waals surface area (Å²) in [5.41, 5.74) is 0.958. The number of hydrogen-bond acceptors (Lipinski definition) is 5. The second kappa shape index (κ2) is 7.59. The fourth-order valence-electron chi connectivity index (χ4n) is 1.99. The number of hydrogen-bond donors (Lipinski definition) is 0. The lowest BCUT2D eigenvalue weighted by Crippen LogP contribution is -2.31. The van der Waals surface area contributed by atoms with E-state index in [1.165, 1.54) is 12.1 Å². The molecule has 0 aliphatic rings. The maximum atomic E-state index is 11.2. The van der Waals surface area contributed by atoms with Crippen molar-refractivity contribution in [3.63, 3.8) is 0 Å². The molecule has 6 nitrogen and oxygen atoms in total. The third kappa shape index (κ3) is 4.31. The third-order valence-corrected chi connectivity index (χ3v) is 2.84. The standard InChI is InChI=1S/C14H20N2O4/c1-11(2)9-15(6-7-20-3)14-5-4-13(16(18)19)8-12(14)10-17/h4-5,8,10-11H,6-7,9H2,1-3H3. The van der Waals surface area contributed by atoms with Gasteiger partial charge in [0.25, 0.3) is 5.69 Å². The van der Waals surface area contributed by atoms with Crippen LogP contribution in [0.3, 0.4) is 0 Å². The second-order valence-electron chi connectivity index (χ2n) is 4.95. The van der Waals surface area contributed by atoms with E-state index in [0.29, 0.717) is 36.6 Å². The van der Waals surface area contributed by atoms with Crippen LogP contribution in [0, 0.1) is 16.0 Å². The summed E-state index contributed by atoms with van der Waals surface area (Å²) in [7, 11) is 1.62. The lowest BCUT2D eigenvalue weighted by molar-refractivity contribution is -0.384. The van der Waals surface area contributed by atoms with Crippen LogP contribution in [-0.4, -0.2) is 38.0 Å². The van der Waals surface area contributed by atoms with Crippen molar-refractivity contribution in [3.05, 3.63) is 33.9 Å². The Kier molecular flexibility index (Phi) is 6.11. The van der Waals surface area contributed by atoms with E-state index in [1.54, 1.807) is 13.2 Å². The highest BCUT2D eigenvalue weighted by Gasteiger charge is 2.16. The molecule has 0 saturated carbocycles. The first-order valence-corrected chi connectivity index (χ1v) is 6.47. The minimum atomic E-state index is -0.501. The van der Waals surface area contributed by atoms with Crippen molar-refractivity contribution < 1.29 is 14.5 Å². The predicted octanol–water partition coefficient (Wildman–Crippen LogP) is 2.52. The van der Waals surface area contributed by atoms with Crippen LogP contribution in [0.2, 0.25) is 0 Å². The van der Waals surface area contributed by atoms with Gasteiger partial charge in [-0.1, -0.05) is 13.8 Å². The Labute approximate surface area is 118 Å². The van der Waals surface area contributed by atoms with Crippen LogP contribution in [0.4, 0.5) is 11.4 Å². The zero-order chi connectivity index (χ0) is 15.1. The molecule has 0 bridgehead atoms. The van der Waals surface area contributed by atoms with E-state index in [1.807, 2.05) is 4.90 Å². The van der Waals surface area contributed by atoms with Gasteiger partial charge in [0.2, 0.25) is 0 Å². The molecule has 20 heavy (non-hydrogen) atoms. The molecule has 0 heterocycles. The molecular weight excluding hydrogens is 260 g/mol. The van der Waals surface area contributed by atoms with E-state index in [4.69, 9.17) is 4.74 Å². The molecule has 0 amide bonds. The van der Waals surface area contributed by atoms with Gasteiger partial charge in [0.15, 0.2) is 6.29 Å². The number of aldehydes is 1. The molecule has 0 aliphatic carbocycles. The zero-order valence-corrected chi connectivity index (χ0v) is 12.0. The number of nitro groups is 1. The Morgan fingerprint density at radius 3 is 2.65 bits per heavy atom. The molecule has 0 atom stereocenters. The van der Waals surface area contributed by atoms with Crippen molar-refractivity contribution in [2.24, 2.45) is 5.92 Å². The first-order valence-electron chi connectivity index (χ1n) is 6.47. The Balaban J connectivity index is 3.10. The van der Waals surface area contributed by atoms with Crippen LogP contribution in [0.15, 0.2) is 18.2 Å². The summed E-state index contributed by atoms with van der Waals surface area (Å²) in [5, 5.41) is 10.8. The minimum absolute atomic E-state index is 0.0768. The van der Waals surface area contributed by atoms with Gasteiger partial charge in [0.05, 0.1) is 11.5 Å². The highest BCUT2D eigenvalue weighted by molar-refractivity contribution is 5.86. The number of nitro benzene ring substituents is 1. The molecule has 6 heteroatoms. The molecule has 0 fully saturated rings. The molecule has 1 rings (SSSR count). The molecule has 0 radical (unpaired) electrons. The predicted molar refractivity (Wildman–Crippen MR) is 77.4 cm³/mol. The van der Waals surface area contributed by atoms with Gasteiger partial charge in [0.1, 0.15) is 0 Å². The Morgan fingerprint density at radius 2 is 2.15 bits per heavy atom. The van der Waals surface area contributed by atoms with E-state index >= 15 is 0 Å². The molecule has 110 valence electrons. The van der Waals surface area contributed by atoms with E-state index in [0.717, 1.165) is 6.54 Å². The smallest absolute Gasteiger partial charge is 0.270 e. The Morgan fingerprint density at radius 1 is 1.45 bits per heavy atom. The van der Waals surface area contributed by atoms with Crippen LogP contribution in [0.5, 0.6) is 0 Å². The van der Waals surface area contributed by atoms with Gasteiger partial charge in [-0.15, -0.1) is 0 Å². The van der Waals surface area contributed by atoms with Crippen LogP contribution in [0.25, 0.3) is 0 Å². The number of nitrogens with zero attached hydrogens (tertiary/aromatic N) is 2. The molecule has 1 aromatic rings. The summed E-state index contributed by atoms with van der Waals surface area (Å²) in [6.45, 7) is 6.06. The summed E-state index contributed by atoms with van der Waals surface area (Å²) >= 11 is 0. The van der Waals surface area contributed by atoms with Gasteiger partial charge >= 0.3 is 0 Å². The number of rotatable bonds is 8. The van der Waals surface area contributed by atoms with Crippen molar-refractivity contribution >= 4 is 17.7 Å². The van der Waals surface area contributed by atoms with Gasteiger partial charge in [-0.25, -0.2) is 0 Å². The largest absolute Gasteiger partial charge is 0.383 e. The van der Waals surface area contributed by atoms with Gasteiger partial charge in [-0.2, -0.15) is 0 Å². The third-order valence-electron chi connectivity index (χ3n) is 2.84. The average Bonchev–Trinajstić information content (AvgIpc) is 2.42. The van der Waals surface area contributed by atoms with Crippen molar-refractivity contribution in [1.29, 1.82) is 0 Å². The van der Waals surface area contributed by atoms with Crippen molar-refractivity contribution in [2.75, 3.05) is 31.7 Å². The number of carbonyl (C=O) groups excluding carboxylic acids is 1. The molecule has 0 N–H and O–H groups in total. The van der Waals surface area contributed by atoms with Crippen molar-refractivity contribution in [3.8, 4) is 0 Å². The Bertz CT molecular complexity index is 474. The minimum Gasteiger partial charge on any atom is -0.383 e. The van der Waals surface area contributed by atoms with E-state index < -0.39 is 4.92 Å². The molecule has 0 aromatic heterocycles. The highest BCUT2D eigenvalue weighted by atomic mass is 16.6. The van der Waals surface area contributed by atoms with Gasteiger partial charge in [-0.05, 0) is 12.0 Å². The SMILES string of the molecule is COCCN(CC(C)C)c1ccc([N+](=O)[O-])cc1C=O. The van der Waals surface area contributed by atoms with Gasteiger partial charge < -0.3 is 9.64 Å². The maximum Gasteiger partial charge on any atom is 0.270 e. The quantitative estimate of drug-likeness (QED) is 0.415. The molecule has 0 saturated heterocycles. The first kappa shape index (κ1) is 16.1. The number of non-ortho nitro benzene ring substituents is 1. The highest BCUT2D eigenvalue weighted by Crippen LogP contribution is 2.25. The zero-order valence-electron chi connectivity index (χ0n) is 12.0. The van der Waals surface area contributed by atoms with Crippen LogP contribution >= 0.6 is 0 Å². The lowest BCUT2D eigenvalue weighted by Gasteiger charge is -2.27. The lowest BCUT2D eigenvalue weighted by atomic mass is 10.1. The number of methoxy groups -OCH3 is 1. The van der Waals surface area contributed by atoms with Gasteiger partial charge in [-0.3, -0.25) is 14.9 Å². The van der Waals surface area contributed by atoms with Gasteiger partial charge in [0, 0.05) is 43.6 Å². The molecule has 0 spiro atoms. The number of carbonyl (C=O) groups is 1. The van der Waals surface area contributed by atoms with Crippen LogP contribution in [-0.2, 0) is 4.74 Å². The summed E-state index contributed by atoms with van der Waals surface area (Å²) in [6, 6.07) is 4.35. The van der Waals surface area contributed by atoms with E-state index in [-0.39, 0.29) is 5.69 Å². The monoisotopic (exact) mass is 280 g/mol.